The van der Waals surface area contributed by atoms with Crippen molar-refractivity contribution in [3.8, 4) is 0 Å². The van der Waals surface area contributed by atoms with Crippen LogP contribution in [0.15, 0.2) is 24.4 Å². The Labute approximate surface area is 83.7 Å². The fourth-order valence-corrected chi connectivity index (χ4v) is 1.66. The summed E-state index contributed by atoms with van der Waals surface area (Å²) in [6.07, 6.45) is 1.89. The highest BCUT2D eigenvalue weighted by Crippen LogP contribution is 2.22. The van der Waals surface area contributed by atoms with Crippen molar-refractivity contribution in [3.05, 3.63) is 24.4 Å². The van der Waals surface area contributed by atoms with E-state index in [4.69, 9.17) is 0 Å². The van der Waals surface area contributed by atoms with E-state index in [-0.39, 0.29) is 0 Å². The van der Waals surface area contributed by atoms with Crippen molar-refractivity contribution in [3.63, 3.8) is 0 Å². The van der Waals surface area contributed by atoms with Crippen molar-refractivity contribution in [1.29, 1.82) is 0 Å². The monoisotopic (exact) mass is 189 g/mol. The van der Waals surface area contributed by atoms with E-state index in [9.17, 15) is 0 Å². The van der Waals surface area contributed by atoms with Gasteiger partial charge in [-0.2, -0.15) is 5.10 Å². The number of aromatic nitrogens is 2. The topological polar surface area (TPSA) is 29.9 Å². The van der Waals surface area contributed by atoms with Gasteiger partial charge in [-0.1, -0.05) is 12.1 Å². The molecular weight excluding hydrogens is 174 g/mol. The number of hydrogen-bond donors (Lipinski definition) is 1. The average Bonchev–Trinajstić information content (AvgIpc) is 2.48. The lowest BCUT2D eigenvalue weighted by Crippen LogP contribution is -2.10. The third kappa shape index (κ3) is 1.45. The van der Waals surface area contributed by atoms with Gasteiger partial charge < -0.3 is 5.32 Å². The largest absolute Gasteiger partial charge is 0.381 e. The van der Waals surface area contributed by atoms with Crippen LogP contribution in [-0.4, -0.2) is 15.8 Å². The predicted octanol–water partition coefficient (Wildman–Crippen LogP) is 2.39. The molecule has 3 heteroatoms. The van der Waals surface area contributed by atoms with Crippen LogP contribution in [-0.2, 0) is 7.05 Å². The highest BCUT2D eigenvalue weighted by molar-refractivity contribution is 5.90. The van der Waals surface area contributed by atoms with Gasteiger partial charge >= 0.3 is 0 Å². The number of nitrogens with zero attached hydrogens (tertiary/aromatic N) is 2. The van der Waals surface area contributed by atoms with Crippen LogP contribution in [0.3, 0.4) is 0 Å². The van der Waals surface area contributed by atoms with Gasteiger partial charge in [0.2, 0.25) is 0 Å². The lowest BCUT2D eigenvalue weighted by molar-refractivity contribution is 0.795. The van der Waals surface area contributed by atoms with E-state index in [1.165, 1.54) is 10.9 Å². The number of aryl methyl sites for hydroxylation is 1. The minimum Gasteiger partial charge on any atom is -0.381 e. The van der Waals surface area contributed by atoms with Crippen LogP contribution in [0.1, 0.15) is 13.8 Å². The molecule has 1 heterocycles. The first-order valence-corrected chi connectivity index (χ1v) is 4.86. The van der Waals surface area contributed by atoms with Gasteiger partial charge in [0.05, 0.1) is 17.4 Å². The molecule has 0 atom stereocenters. The van der Waals surface area contributed by atoms with Crippen molar-refractivity contribution < 1.29 is 0 Å². The fraction of sp³-hybridized carbons (Fsp3) is 0.364. The molecule has 0 saturated carbocycles. The molecule has 0 amide bonds. The van der Waals surface area contributed by atoms with Crippen LogP contribution in [0.4, 0.5) is 5.69 Å². The second kappa shape index (κ2) is 3.33. The molecule has 2 aromatic rings. The fourth-order valence-electron chi connectivity index (χ4n) is 1.66. The number of para-hydroxylation sites is 1. The summed E-state index contributed by atoms with van der Waals surface area (Å²) < 4.78 is 1.90. The van der Waals surface area contributed by atoms with E-state index >= 15 is 0 Å². The standard InChI is InChI=1S/C11H15N3/c1-8(2)13-10-6-4-5-9-7-12-14(3)11(9)10/h4-8,13H,1-3H3. The maximum atomic E-state index is 4.24. The van der Waals surface area contributed by atoms with Crippen LogP contribution in [0.2, 0.25) is 0 Å². The van der Waals surface area contributed by atoms with Crippen LogP contribution >= 0.6 is 0 Å². The van der Waals surface area contributed by atoms with Crippen molar-refractivity contribution in [2.45, 2.75) is 19.9 Å². The maximum Gasteiger partial charge on any atom is 0.0910 e. The zero-order valence-corrected chi connectivity index (χ0v) is 8.78. The summed E-state index contributed by atoms with van der Waals surface area (Å²) in [5.74, 6) is 0. The molecule has 0 bridgehead atoms. The molecule has 1 N–H and O–H groups in total. The number of nitrogens with one attached hydrogen (secondary N) is 1. The van der Waals surface area contributed by atoms with E-state index < -0.39 is 0 Å². The summed E-state index contributed by atoms with van der Waals surface area (Å²) in [5, 5.41) is 8.83. The Bertz CT molecular complexity index is 443. The van der Waals surface area contributed by atoms with Crippen molar-refractivity contribution >= 4 is 16.6 Å². The third-order valence-corrected chi connectivity index (χ3v) is 2.21. The molecule has 14 heavy (non-hydrogen) atoms. The van der Waals surface area contributed by atoms with E-state index in [2.05, 4.69) is 42.5 Å². The second-order valence-electron chi connectivity index (χ2n) is 3.81. The number of hydrogen-bond acceptors (Lipinski definition) is 2. The summed E-state index contributed by atoms with van der Waals surface area (Å²) in [5.41, 5.74) is 2.32. The normalized spacial score (nSPS) is 11.1. The summed E-state index contributed by atoms with van der Waals surface area (Å²) in [4.78, 5) is 0. The zero-order chi connectivity index (χ0) is 10.1. The Kier molecular flexibility index (Phi) is 2.15. The zero-order valence-electron chi connectivity index (χ0n) is 8.78. The number of anilines is 1. The molecule has 0 unspecified atom stereocenters. The highest BCUT2D eigenvalue weighted by Gasteiger charge is 2.05. The first-order chi connectivity index (χ1) is 6.68. The van der Waals surface area contributed by atoms with Crippen LogP contribution in [0, 0.1) is 0 Å². The van der Waals surface area contributed by atoms with Gasteiger partial charge in [-0.25, -0.2) is 0 Å². The van der Waals surface area contributed by atoms with E-state index in [1.54, 1.807) is 0 Å². The maximum absolute atomic E-state index is 4.24. The number of fused-ring (bicyclic) bond motifs is 1. The summed E-state index contributed by atoms with van der Waals surface area (Å²) >= 11 is 0. The highest BCUT2D eigenvalue weighted by atomic mass is 15.3. The summed E-state index contributed by atoms with van der Waals surface area (Å²) in [6.45, 7) is 4.27. The average molecular weight is 189 g/mol. The smallest absolute Gasteiger partial charge is 0.0910 e. The Balaban J connectivity index is 2.57. The Morgan fingerprint density at radius 3 is 2.86 bits per heavy atom. The lowest BCUT2D eigenvalue weighted by Gasteiger charge is -2.11. The molecule has 2 rings (SSSR count). The molecular formula is C11H15N3. The van der Waals surface area contributed by atoms with E-state index in [0.717, 1.165) is 5.69 Å². The van der Waals surface area contributed by atoms with E-state index in [1.807, 2.05) is 17.9 Å². The van der Waals surface area contributed by atoms with E-state index in [0.29, 0.717) is 6.04 Å². The molecule has 0 aliphatic rings. The molecule has 0 saturated heterocycles. The van der Waals surface area contributed by atoms with Gasteiger partial charge in [0, 0.05) is 18.5 Å². The van der Waals surface area contributed by atoms with Crippen LogP contribution in [0.25, 0.3) is 10.9 Å². The molecule has 0 aliphatic heterocycles. The van der Waals surface area contributed by atoms with Crippen molar-refractivity contribution in [2.24, 2.45) is 7.05 Å². The first-order valence-electron chi connectivity index (χ1n) is 4.86. The summed E-state index contributed by atoms with van der Waals surface area (Å²) in [6, 6.07) is 6.66. The first kappa shape index (κ1) is 9.06. The van der Waals surface area contributed by atoms with Gasteiger partial charge in [-0.05, 0) is 19.9 Å². The SMILES string of the molecule is CC(C)Nc1cccc2cnn(C)c12. The molecule has 0 radical (unpaired) electrons. The van der Waals surface area contributed by atoms with Crippen LogP contribution in [0.5, 0.6) is 0 Å². The van der Waals surface area contributed by atoms with Gasteiger partial charge in [0.1, 0.15) is 0 Å². The Hall–Kier alpha value is -1.51. The molecule has 0 aliphatic carbocycles. The molecule has 1 aromatic heterocycles. The van der Waals surface area contributed by atoms with Crippen LogP contribution < -0.4 is 5.32 Å². The number of rotatable bonds is 2. The molecule has 74 valence electrons. The predicted molar refractivity (Wildman–Crippen MR) is 59.5 cm³/mol. The van der Waals surface area contributed by atoms with Gasteiger partial charge in [-0.3, -0.25) is 4.68 Å². The quantitative estimate of drug-likeness (QED) is 0.786. The molecule has 0 spiro atoms. The minimum absolute atomic E-state index is 0.440. The number of benzene rings is 1. The van der Waals surface area contributed by atoms with Gasteiger partial charge in [0.15, 0.2) is 0 Å². The van der Waals surface area contributed by atoms with Crippen molar-refractivity contribution in [1.82, 2.24) is 9.78 Å². The Morgan fingerprint density at radius 2 is 2.14 bits per heavy atom. The lowest BCUT2D eigenvalue weighted by atomic mass is 10.2. The summed E-state index contributed by atoms with van der Waals surface area (Å²) in [7, 11) is 1.97. The Morgan fingerprint density at radius 1 is 1.36 bits per heavy atom. The molecule has 1 aromatic carbocycles. The minimum atomic E-state index is 0.440. The van der Waals surface area contributed by atoms with Gasteiger partial charge in [0.25, 0.3) is 0 Å². The van der Waals surface area contributed by atoms with Gasteiger partial charge in [-0.15, -0.1) is 0 Å². The van der Waals surface area contributed by atoms with Crippen molar-refractivity contribution in [2.75, 3.05) is 5.32 Å². The molecule has 3 nitrogen and oxygen atoms in total. The second-order valence-corrected chi connectivity index (χ2v) is 3.81. The third-order valence-electron chi connectivity index (χ3n) is 2.21. The molecule has 0 fully saturated rings.